The van der Waals surface area contributed by atoms with Gasteiger partial charge in [0.25, 0.3) is 0 Å². The summed E-state index contributed by atoms with van der Waals surface area (Å²) in [5, 5.41) is 7.28. The lowest BCUT2D eigenvalue weighted by Gasteiger charge is -2.05. The molecule has 110 valence electrons. The van der Waals surface area contributed by atoms with Crippen molar-refractivity contribution in [3.63, 3.8) is 0 Å². The van der Waals surface area contributed by atoms with Gasteiger partial charge in [0.1, 0.15) is 5.82 Å². The molecule has 0 bridgehead atoms. The average molecular weight is 293 g/mol. The Morgan fingerprint density at radius 2 is 2.00 bits per heavy atom. The first-order valence-electron chi connectivity index (χ1n) is 7.31. The quantitative estimate of drug-likeness (QED) is 0.779. The smallest absolute Gasteiger partial charge is 0.230 e. The minimum atomic E-state index is 0.483. The maximum absolute atomic E-state index is 5.29. The minimum absolute atomic E-state index is 0.483. The predicted molar refractivity (Wildman–Crippen MR) is 81.1 cm³/mol. The lowest BCUT2D eigenvalue weighted by atomic mass is 10.1. The van der Waals surface area contributed by atoms with Crippen LogP contribution >= 0.6 is 0 Å². The first kappa shape index (κ1) is 12.9. The molecule has 0 saturated heterocycles. The van der Waals surface area contributed by atoms with E-state index in [1.54, 1.807) is 18.6 Å². The van der Waals surface area contributed by atoms with E-state index >= 15 is 0 Å². The summed E-state index contributed by atoms with van der Waals surface area (Å²) in [6.07, 6.45) is 7.34. The number of nitrogens with zero attached hydrogens (tertiary/aromatic N) is 4. The highest BCUT2D eigenvalue weighted by molar-refractivity contribution is 5.55. The van der Waals surface area contributed by atoms with Gasteiger partial charge in [-0.1, -0.05) is 29.4 Å². The van der Waals surface area contributed by atoms with E-state index in [0.29, 0.717) is 18.3 Å². The molecule has 4 rings (SSSR count). The van der Waals surface area contributed by atoms with Gasteiger partial charge in [0.2, 0.25) is 11.7 Å². The van der Waals surface area contributed by atoms with E-state index in [4.69, 9.17) is 4.52 Å². The molecule has 6 heteroatoms. The van der Waals surface area contributed by atoms with Gasteiger partial charge in [0, 0.05) is 30.4 Å². The summed E-state index contributed by atoms with van der Waals surface area (Å²) in [6.45, 7) is 0.693. The second-order valence-corrected chi connectivity index (χ2v) is 5.37. The molecule has 6 nitrogen and oxygen atoms in total. The standard InChI is InChI=1S/C16H15N5O/c1-3-12(15-20-16(22-21-15)13-5-6-13)4-2-11(1)9-19-14-10-17-7-8-18-14/h1-4,7-8,10,13H,5-6,9H2,(H,18,19). The van der Waals surface area contributed by atoms with E-state index in [0.717, 1.165) is 35.7 Å². The Bertz CT molecular complexity index is 750. The summed E-state index contributed by atoms with van der Waals surface area (Å²) in [5.41, 5.74) is 2.12. The van der Waals surface area contributed by atoms with E-state index < -0.39 is 0 Å². The largest absolute Gasteiger partial charge is 0.365 e. The Labute approximate surface area is 127 Å². The number of anilines is 1. The van der Waals surface area contributed by atoms with Gasteiger partial charge >= 0.3 is 0 Å². The van der Waals surface area contributed by atoms with E-state index in [2.05, 4.69) is 25.4 Å². The highest BCUT2D eigenvalue weighted by Gasteiger charge is 2.29. The van der Waals surface area contributed by atoms with E-state index in [9.17, 15) is 0 Å². The molecule has 1 aromatic carbocycles. The van der Waals surface area contributed by atoms with Crippen LogP contribution in [0.1, 0.15) is 30.2 Å². The maximum atomic E-state index is 5.29. The average Bonchev–Trinajstić information content (AvgIpc) is 3.32. The number of hydrogen-bond donors (Lipinski definition) is 1. The molecule has 0 atom stereocenters. The summed E-state index contributed by atoms with van der Waals surface area (Å²) in [4.78, 5) is 12.7. The minimum Gasteiger partial charge on any atom is -0.365 e. The summed E-state index contributed by atoms with van der Waals surface area (Å²) in [5.74, 6) is 2.68. The second-order valence-electron chi connectivity index (χ2n) is 5.37. The van der Waals surface area contributed by atoms with E-state index in [-0.39, 0.29) is 0 Å². The fourth-order valence-electron chi connectivity index (χ4n) is 2.20. The van der Waals surface area contributed by atoms with Crippen LogP contribution in [-0.2, 0) is 6.54 Å². The van der Waals surface area contributed by atoms with Crippen LogP contribution in [0, 0.1) is 0 Å². The van der Waals surface area contributed by atoms with Crippen molar-refractivity contribution >= 4 is 5.82 Å². The third kappa shape index (κ3) is 2.81. The van der Waals surface area contributed by atoms with Crippen LogP contribution in [0.15, 0.2) is 47.4 Å². The van der Waals surface area contributed by atoms with E-state index in [1.807, 2.05) is 24.3 Å². The Morgan fingerprint density at radius 3 is 2.73 bits per heavy atom. The second kappa shape index (κ2) is 5.55. The van der Waals surface area contributed by atoms with Crippen molar-refractivity contribution in [1.82, 2.24) is 20.1 Å². The van der Waals surface area contributed by atoms with Crippen molar-refractivity contribution in [1.29, 1.82) is 0 Å². The fraction of sp³-hybridized carbons (Fsp3) is 0.250. The molecule has 2 aromatic heterocycles. The number of benzene rings is 1. The van der Waals surface area contributed by atoms with Crippen molar-refractivity contribution in [3.8, 4) is 11.4 Å². The van der Waals surface area contributed by atoms with Crippen LogP contribution in [0.25, 0.3) is 11.4 Å². The van der Waals surface area contributed by atoms with Crippen LogP contribution < -0.4 is 5.32 Å². The summed E-state index contributed by atoms with van der Waals surface area (Å²) in [7, 11) is 0. The monoisotopic (exact) mass is 293 g/mol. The van der Waals surface area contributed by atoms with Crippen LogP contribution in [-0.4, -0.2) is 20.1 Å². The summed E-state index contributed by atoms with van der Waals surface area (Å²) < 4.78 is 5.29. The van der Waals surface area contributed by atoms with Gasteiger partial charge in [-0.15, -0.1) is 0 Å². The highest BCUT2D eigenvalue weighted by Crippen LogP contribution is 2.39. The lowest BCUT2D eigenvalue weighted by Crippen LogP contribution is -2.01. The van der Waals surface area contributed by atoms with Gasteiger partial charge in [-0.05, 0) is 18.4 Å². The number of nitrogens with one attached hydrogen (secondary N) is 1. The molecular formula is C16H15N5O. The third-order valence-corrected chi connectivity index (χ3v) is 3.62. The summed E-state index contributed by atoms with van der Waals surface area (Å²) >= 11 is 0. The van der Waals surface area contributed by atoms with Crippen LogP contribution in [0.4, 0.5) is 5.82 Å². The van der Waals surface area contributed by atoms with Crippen molar-refractivity contribution in [3.05, 3.63) is 54.3 Å². The van der Waals surface area contributed by atoms with Gasteiger partial charge in [0.15, 0.2) is 0 Å². The van der Waals surface area contributed by atoms with Crippen molar-refractivity contribution in [2.75, 3.05) is 5.32 Å². The Hall–Kier alpha value is -2.76. The first-order valence-corrected chi connectivity index (χ1v) is 7.31. The van der Waals surface area contributed by atoms with Crippen molar-refractivity contribution < 1.29 is 4.52 Å². The van der Waals surface area contributed by atoms with Gasteiger partial charge in [-0.25, -0.2) is 4.98 Å². The zero-order valence-electron chi connectivity index (χ0n) is 11.9. The molecule has 0 spiro atoms. The molecule has 0 radical (unpaired) electrons. The molecule has 1 aliphatic rings. The number of hydrogen-bond acceptors (Lipinski definition) is 6. The molecule has 1 saturated carbocycles. The van der Waals surface area contributed by atoms with Gasteiger partial charge in [0.05, 0.1) is 6.20 Å². The molecule has 2 heterocycles. The highest BCUT2D eigenvalue weighted by atomic mass is 16.5. The lowest BCUT2D eigenvalue weighted by molar-refractivity contribution is 0.380. The molecule has 1 fully saturated rings. The first-order chi connectivity index (χ1) is 10.9. The maximum Gasteiger partial charge on any atom is 0.230 e. The predicted octanol–water partition coefficient (Wildman–Crippen LogP) is 3.02. The third-order valence-electron chi connectivity index (χ3n) is 3.62. The summed E-state index contributed by atoms with van der Waals surface area (Å²) in [6, 6.07) is 8.11. The number of rotatable bonds is 5. The molecule has 22 heavy (non-hydrogen) atoms. The van der Waals surface area contributed by atoms with Crippen LogP contribution in [0.5, 0.6) is 0 Å². The number of aromatic nitrogens is 4. The normalized spacial score (nSPS) is 14.0. The molecule has 1 aliphatic carbocycles. The van der Waals surface area contributed by atoms with Gasteiger partial charge < -0.3 is 9.84 Å². The fourth-order valence-corrected chi connectivity index (χ4v) is 2.20. The Kier molecular flexibility index (Phi) is 3.27. The van der Waals surface area contributed by atoms with Crippen LogP contribution in [0.2, 0.25) is 0 Å². The van der Waals surface area contributed by atoms with Gasteiger partial charge in [-0.2, -0.15) is 4.98 Å². The van der Waals surface area contributed by atoms with E-state index in [1.165, 1.54) is 0 Å². The zero-order valence-corrected chi connectivity index (χ0v) is 11.9. The van der Waals surface area contributed by atoms with Crippen molar-refractivity contribution in [2.24, 2.45) is 0 Å². The molecule has 0 unspecified atom stereocenters. The van der Waals surface area contributed by atoms with Gasteiger partial charge in [-0.3, -0.25) is 4.98 Å². The molecule has 0 aliphatic heterocycles. The topological polar surface area (TPSA) is 76.7 Å². The molecule has 3 aromatic rings. The Morgan fingerprint density at radius 1 is 1.14 bits per heavy atom. The molecular weight excluding hydrogens is 278 g/mol. The zero-order chi connectivity index (χ0) is 14.8. The Balaban J connectivity index is 1.43. The molecule has 1 N–H and O–H groups in total. The van der Waals surface area contributed by atoms with Crippen LogP contribution in [0.3, 0.4) is 0 Å². The molecule has 0 amide bonds. The van der Waals surface area contributed by atoms with Crippen molar-refractivity contribution in [2.45, 2.75) is 25.3 Å². The SMILES string of the molecule is c1cnc(NCc2ccc(-c3noc(C4CC4)n3)cc2)cn1.